The van der Waals surface area contributed by atoms with E-state index >= 15 is 0 Å². The molecule has 2 aliphatic heterocycles. The number of benzene rings is 2. The van der Waals surface area contributed by atoms with Crippen molar-refractivity contribution in [2.45, 2.75) is 12.8 Å². The SMILES string of the molecule is CN1CCc2ccc(OCCCN3CCN(c4ccc5ccccc5n4)CC3)cc2C1=O. The van der Waals surface area contributed by atoms with Crippen molar-refractivity contribution in [3.63, 3.8) is 0 Å². The van der Waals surface area contributed by atoms with E-state index in [1.54, 1.807) is 4.90 Å². The van der Waals surface area contributed by atoms with Crippen molar-refractivity contribution in [1.29, 1.82) is 0 Å². The monoisotopic (exact) mass is 430 g/mol. The molecular weight excluding hydrogens is 400 g/mol. The van der Waals surface area contributed by atoms with Gasteiger partial charge in [0.15, 0.2) is 0 Å². The summed E-state index contributed by atoms with van der Waals surface area (Å²) in [7, 11) is 1.86. The lowest BCUT2D eigenvalue weighted by molar-refractivity contribution is 0.0780. The summed E-state index contributed by atoms with van der Waals surface area (Å²) in [5.74, 6) is 1.95. The smallest absolute Gasteiger partial charge is 0.254 e. The van der Waals surface area contributed by atoms with Crippen molar-refractivity contribution in [3.05, 3.63) is 65.7 Å². The number of pyridine rings is 1. The van der Waals surface area contributed by atoms with Gasteiger partial charge in [0.2, 0.25) is 0 Å². The molecule has 1 aromatic heterocycles. The zero-order valence-electron chi connectivity index (χ0n) is 18.7. The maximum absolute atomic E-state index is 12.4. The zero-order valence-corrected chi connectivity index (χ0v) is 18.7. The minimum atomic E-state index is 0.0930. The number of fused-ring (bicyclic) bond motifs is 2. The molecule has 0 atom stereocenters. The predicted molar refractivity (Wildman–Crippen MR) is 128 cm³/mol. The average Bonchev–Trinajstić information content (AvgIpc) is 2.84. The van der Waals surface area contributed by atoms with E-state index in [1.807, 2.05) is 31.3 Å². The Bertz CT molecular complexity index is 1110. The number of rotatable bonds is 6. The van der Waals surface area contributed by atoms with Crippen LogP contribution in [0.3, 0.4) is 0 Å². The van der Waals surface area contributed by atoms with Gasteiger partial charge in [0.25, 0.3) is 5.91 Å². The quantitative estimate of drug-likeness (QED) is 0.561. The summed E-state index contributed by atoms with van der Waals surface area (Å²) in [5, 5.41) is 1.19. The molecular formula is C26H30N4O2. The molecule has 32 heavy (non-hydrogen) atoms. The van der Waals surface area contributed by atoms with Crippen LogP contribution < -0.4 is 9.64 Å². The molecule has 5 rings (SSSR count). The summed E-state index contributed by atoms with van der Waals surface area (Å²) in [6.07, 6.45) is 1.89. The van der Waals surface area contributed by atoms with E-state index in [4.69, 9.17) is 9.72 Å². The first kappa shape index (κ1) is 20.8. The number of aromatic nitrogens is 1. The van der Waals surface area contributed by atoms with Crippen LogP contribution >= 0.6 is 0 Å². The molecule has 0 saturated carbocycles. The van der Waals surface area contributed by atoms with Crippen molar-refractivity contribution in [2.75, 3.05) is 57.8 Å². The van der Waals surface area contributed by atoms with Crippen LogP contribution in [0.2, 0.25) is 0 Å². The highest BCUT2D eigenvalue weighted by molar-refractivity contribution is 5.97. The predicted octanol–water partition coefficient (Wildman–Crippen LogP) is 3.45. The zero-order chi connectivity index (χ0) is 21.9. The Morgan fingerprint density at radius 3 is 2.69 bits per heavy atom. The number of anilines is 1. The molecule has 0 unspecified atom stereocenters. The van der Waals surface area contributed by atoms with Gasteiger partial charge in [-0.1, -0.05) is 24.3 Å². The summed E-state index contributed by atoms with van der Waals surface area (Å²) in [4.78, 5) is 23.8. The number of ether oxygens (including phenoxy) is 1. The Kier molecular flexibility index (Phi) is 5.95. The first-order chi connectivity index (χ1) is 15.7. The molecule has 1 fully saturated rings. The second-order valence-electron chi connectivity index (χ2n) is 8.69. The molecule has 3 heterocycles. The van der Waals surface area contributed by atoms with Gasteiger partial charge in [-0.25, -0.2) is 4.98 Å². The Hall–Kier alpha value is -3.12. The third-order valence-electron chi connectivity index (χ3n) is 6.54. The molecule has 0 N–H and O–H groups in total. The van der Waals surface area contributed by atoms with Crippen molar-refractivity contribution in [3.8, 4) is 5.75 Å². The van der Waals surface area contributed by atoms with E-state index in [-0.39, 0.29) is 5.91 Å². The van der Waals surface area contributed by atoms with Gasteiger partial charge in [0, 0.05) is 57.3 Å². The van der Waals surface area contributed by atoms with Gasteiger partial charge in [-0.2, -0.15) is 0 Å². The molecule has 2 aromatic carbocycles. The van der Waals surface area contributed by atoms with E-state index in [2.05, 4.69) is 40.1 Å². The fourth-order valence-electron chi connectivity index (χ4n) is 4.57. The van der Waals surface area contributed by atoms with Gasteiger partial charge in [-0.15, -0.1) is 0 Å². The summed E-state index contributed by atoms with van der Waals surface area (Å²) in [6, 6.07) is 18.5. The molecule has 166 valence electrons. The fourth-order valence-corrected chi connectivity index (χ4v) is 4.57. The lowest BCUT2D eigenvalue weighted by atomic mass is 9.99. The molecule has 1 amide bonds. The number of piperazine rings is 1. The molecule has 0 spiro atoms. The normalized spacial score (nSPS) is 17.0. The minimum absolute atomic E-state index is 0.0930. The number of amides is 1. The Labute approximate surface area is 189 Å². The summed E-state index contributed by atoms with van der Waals surface area (Å²) < 4.78 is 5.96. The lowest BCUT2D eigenvalue weighted by Gasteiger charge is -2.35. The molecule has 6 heteroatoms. The van der Waals surface area contributed by atoms with Crippen molar-refractivity contribution < 1.29 is 9.53 Å². The molecule has 0 bridgehead atoms. The van der Waals surface area contributed by atoms with Gasteiger partial charge in [0.05, 0.1) is 12.1 Å². The van der Waals surface area contributed by atoms with Crippen LogP contribution in [0, 0.1) is 0 Å². The summed E-state index contributed by atoms with van der Waals surface area (Å²) in [6.45, 7) is 6.53. The van der Waals surface area contributed by atoms with Crippen LogP contribution in [0.5, 0.6) is 5.75 Å². The maximum atomic E-state index is 12.4. The van der Waals surface area contributed by atoms with Crippen LogP contribution in [0.4, 0.5) is 5.82 Å². The summed E-state index contributed by atoms with van der Waals surface area (Å²) in [5.41, 5.74) is 2.97. The highest BCUT2D eigenvalue weighted by atomic mass is 16.5. The van der Waals surface area contributed by atoms with Crippen molar-refractivity contribution in [2.24, 2.45) is 0 Å². The first-order valence-corrected chi connectivity index (χ1v) is 11.5. The third-order valence-corrected chi connectivity index (χ3v) is 6.54. The standard InChI is InChI=1S/C26H30N4O2/c1-28-13-11-20-7-9-22(19-23(20)26(28)31)32-18-4-12-29-14-16-30(17-15-29)25-10-8-21-5-2-3-6-24(21)27-25/h2-3,5-10,19H,4,11-18H2,1H3. The fraction of sp³-hybridized carbons (Fsp3) is 0.385. The molecule has 3 aromatic rings. The van der Waals surface area contributed by atoms with E-state index in [1.165, 1.54) is 5.39 Å². The van der Waals surface area contributed by atoms with Crippen LogP contribution in [-0.2, 0) is 6.42 Å². The number of hydrogen-bond donors (Lipinski definition) is 0. The largest absolute Gasteiger partial charge is 0.494 e. The third kappa shape index (κ3) is 4.41. The van der Waals surface area contributed by atoms with Crippen LogP contribution in [0.25, 0.3) is 10.9 Å². The van der Waals surface area contributed by atoms with Crippen LogP contribution in [-0.4, -0.2) is 73.6 Å². The highest BCUT2D eigenvalue weighted by Crippen LogP contribution is 2.24. The van der Waals surface area contributed by atoms with Crippen molar-refractivity contribution in [1.82, 2.24) is 14.8 Å². The van der Waals surface area contributed by atoms with Crippen LogP contribution in [0.1, 0.15) is 22.3 Å². The topological polar surface area (TPSA) is 48.9 Å². The molecule has 1 saturated heterocycles. The number of carbonyl (C=O) groups is 1. The van der Waals surface area contributed by atoms with E-state index in [0.717, 1.165) is 80.3 Å². The number of hydrogen-bond acceptors (Lipinski definition) is 5. The summed E-state index contributed by atoms with van der Waals surface area (Å²) >= 11 is 0. The minimum Gasteiger partial charge on any atom is -0.494 e. The number of likely N-dealkylation sites (N-methyl/N-ethyl adjacent to an activating group) is 1. The first-order valence-electron chi connectivity index (χ1n) is 11.5. The van der Waals surface area contributed by atoms with Crippen molar-refractivity contribution >= 4 is 22.6 Å². The molecule has 6 nitrogen and oxygen atoms in total. The second-order valence-corrected chi connectivity index (χ2v) is 8.69. The van der Waals surface area contributed by atoms with Gasteiger partial charge in [-0.3, -0.25) is 9.69 Å². The van der Waals surface area contributed by atoms with Gasteiger partial charge in [-0.05, 0) is 48.7 Å². The number of nitrogens with zero attached hydrogens (tertiary/aromatic N) is 4. The molecule has 0 aliphatic carbocycles. The van der Waals surface area contributed by atoms with Gasteiger partial charge >= 0.3 is 0 Å². The highest BCUT2D eigenvalue weighted by Gasteiger charge is 2.22. The van der Waals surface area contributed by atoms with Gasteiger partial charge in [0.1, 0.15) is 11.6 Å². The average molecular weight is 431 g/mol. The Morgan fingerprint density at radius 1 is 0.969 bits per heavy atom. The Balaban J connectivity index is 1.08. The number of para-hydroxylation sites is 1. The molecule has 2 aliphatic rings. The maximum Gasteiger partial charge on any atom is 0.254 e. The van der Waals surface area contributed by atoms with Crippen LogP contribution in [0.15, 0.2) is 54.6 Å². The van der Waals surface area contributed by atoms with E-state index in [9.17, 15) is 4.79 Å². The van der Waals surface area contributed by atoms with E-state index < -0.39 is 0 Å². The Morgan fingerprint density at radius 2 is 1.81 bits per heavy atom. The number of carbonyl (C=O) groups excluding carboxylic acids is 1. The van der Waals surface area contributed by atoms with Gasteiger partial charge < -0.3 is 14.5 Å². The van der Waals surface area contributed by atoms with E-state index in [0.29, 0.717) is 6.61 Å². The lowest BCUT2D eigenvalue weighted by Crippen LogP contribution is -2.47. The molecule has 0 radical (unpaired) electrons. The second kappa shape index (κ2) is 9.17.